The van der Waals surface area contributed by atoms with Gasteiger partial charge in [-0.1, -0.05) is 13.8 Å². The minimum Gasteiger partial charge on any atom is -0.313 e. The molecule has 4 bridgehead atoms. The number of rotatable bonds is 7. The zero-order valence-electron chi connectivity index (χ0n) is 13.8. The molecule has 0 spiro atoms. The summed E-state index contributed by atoms with van der Waals surface area (Å²) in [6, 6.07) is 1.20. The lowest BCUT2D eigenvalue weighted by Crippen LogP contribution is -2.48. The monoisotopic (exact) mass is 278 g/mol. The molecule has 116 valence electrons. The molecule has 0 aromatic heterocycles. The van der Waals surface area contributed by atoms with Crippen molar-refractivity contribution in [3.8, 4) is 0 Å². The van der Waals surface area contributed by atoms with E-state index in [1.165, 1.54) is 13.0 Å². The van der Waals surface area contributed by atoms with Crippen molar-refractivity contribution in [3.63, 3.8) is 0 Å². The quantitative estimate of drug-likeness (QED) is 0.744. The topological polar surface area (TPSA) is 24.1 Å². The van der Waals surface area contributed by atoms with Crippen LogP contribution in [0.2, 0.25) is 0 Å². The van der Waals surface area contributed by atoms with Crippen molar-refractivity contribution in [2.75, 3.05) is 13.1 Å². The number of nitrogens with one attached hydrogen (secondary N) is 2. The Kier molecular flexibility index (Phi) is 4.42. The van der Waals surface area contributed by atoms with Crippen LogP contribution >= 0.6 is 0 Å². The van der Waals surface area contributed by atoms with Crippen LogP contribution in [0.4, 0.5) is 0 Å². The van der Waals surface area contributed by atoms with Gasteiger partial charge in [-0.25, -0.2) is 0 Å². The van der Waals surface area contributed by atoms with Crippen LogP contribution < -0.4 is 10.6 Å². The third-order valence-corrected chi connectivity index (χ3v) is 6.15. The second-order valence-electron chi connectivity index (χ2n) is 8.59. The molecule has 1 unspecified atom stereocenters. The van der Waals surface area contributed by atoms with Gasteiger partial charge in [0.15, 0.2) is 0 Å². The zero-order valence-corrected chi connectivity index (χ0v) is 13.8. The molecule has 0 amide bonds. The Morgan fingerprint density at radius 1 is 0.900 bits per heavy atom. The van der Waals surface area contributed by atoms with E-state index < -0.39 is 0 Å². The molecule has 0 saturated heterocycles. The van der Waals surface area contributed by atoms with Crippen LogP contribution in [0.25, 0.3) is 0 Å². The van der Waals surface area contributed by atoms with Crippen molar-refractivity contribution in [3.05, 3.63) is 0 Å². The third kappa shape index (κ3) is 3.39. The third-order valence-electron chi connectivity index (χ3n) is 6.15. The van der Waals surface area contributed by atoms with E-state index in [9.17, 15) is 0 Å². The first-order valence-electron chi connectivity index (χ1n) is 9.01. The van der Waals surface area contributed by atoms with E-state index in [0.717, 1.165) is 29.7 Å². The highest BCUT2D eigenvalue weighted by molar-refractivity contribution is 5.01. The van der Waals surface area contributed by atoms with Gasteiger partial charge in [-0.05, 0) is 81.6 Å². The van der Waals surface area contributed by atoms with Crippen LogP contribution in [0.5, 0.6) is 0 Å². The lowest BCUT2D eigenvalue weighted by atomic mass is 9.49. The van der Waals surface area contributed by atoms with Crippen molar-refractivity contribution >= 4 is 0 Å². The maximum atomic E-state index is 3.75. The van der Waals surface area contributed by atoms with Gasteiger partial charge in [0.2, 0.25) is 0 Å². The van der Waals surface area contributed by atoms with Gasteiger partial charge in [-0.15, -0.1) is 0 Å². The molecule has 4 aliphatic carbocycles. The molecule has 4 aliphatic rings. The van der Waals surface area contributed by atoms with Crippen molar-refractivity contribution in [2.24, 2.45) is 23.2 Å². The van der Waals surface area contributed by atoms with E-state index >= 15 is 0 Å². The van der Waals surface area contributed by atoms with Crippen LogP contribution in [0, 0.1) is 23.2 Å². The maximum Gasteiger partial charge on any atom is 0.0164 e. The highest BCUT2D eigenvalue weighted by Crippen LogP contribution is 2.61. The minimum absolute atomic E-state index is 0.599. The van der Waals surface area contributed by atoms with Gasteiger partial charge >= 0.3 is 0 Å². The first kappa shape index (κ1) is 14.8. The molecule has 0 heterocycles. The summed E-state index contributed by atoms with van der Waals surface area (Å²) < 4.78 is 0. The van der Waals surface area contributed by atoms with Crippen LogP contribution in [0.15, 0.2) is 0 Å². The Morgan fingerprint density at radius 2 is 1.45 bits per heavy atom. The van der Waals surface area contributed by atoms with Gasteiger partial charge in [0.1, 0.15) is 0 Å². The molecular formula is C18H34N2. The van der Waals surface area contributed by atoms with Gasteiger partial charge < -0.3 is 10.6 Å². The Morgan fingerprint density at radius 3 is 1.95 bits per heavy atom. The van der Waals surface area contributed by atoms with E-state index in [2.05, 4.69) is 31.4 Å². The fraction of sp³-hybridized carbons (Fsp3) is 1.00. The molecule has 4 fully saturated rings. The highest BCUT2D eigenvalue weighted by atomic mass is 15.0. The molecule has 0 aliphatic heterocycles. The lowest BCUT2D eigenvalue weighted by Gasteiger charge is -2.57. The predicted molar refractivity (Wildman–Crippen MR) is 85.8 cm³/mol. The molecule has 0 aromatic carbocycles. The molecule has 4 saturated carbocycles. The summed E-state index contributed by atoms with van der Waals surface area (Å²) in [6.07, 6.45) is 10.8. The van der Waals surface area contributed by atoms with Crippen molar-refractivity contribution in [2.45, 2.75) is 77.8 Å². The predicted octanol–water partition coefficient (Wildman–Crippen LogP) is 3.57. The smallest absolute Gasteiger partial charge is 0.0164 e. The highest BCUT2D eigenvalue weighted by Gasteiger charge is 2.50. The van der Waals surface area contributed by atoms with Crippen LogP contribution in [-0.4, -0.2) is 25.2 Å². The molecule has 4 rings (SSSR count). The van der Waals surface area contributed by atoms with Gasteiger partial charge in [-0.2, -0.15) is 0 Å². The standard InChI is InChI=1S/C18H34N2/c1-13(2)20-12-14(3)19-5-4-18-9-15-6-16(10-18)8-17(7-15)11-18/h13-17,19-20H,4-12H2,1-3H3. The van der Waals surface area contributed by atoms with Crippen LogP contribution in [0.3, 0.4) is 0 Å². The summed E-state index contributed by atoms with van der Waals surface area (Å²) in [5.74, 6) is 3.30. The maximum absolute atomic E-state index is 3.75. The fourth-order valence-electron chi connectivity index (χ4n) is 5.66. The fourth-order valence-corrected chi connectivity index (χ4v) is 5.66. The van der Waals surface area contributed by atoms with Crippen molar-refractivity contribution in [1.29, 1.82) is 0 Å². The lowest BCUT2D eigenvalue weighted by molar-refractivity contribution is -0.0569. The number of hydrogen-bond donors (Lipinski definition) is 2. The van der Waals surface area contributed by atoms with Gasteiger partial charge in [0.05, 0.1) is 0 Å². The first-order valence-corrected chi connectivity index (χ1v) is 9.01. The Bertz CT molecular complexity index is 288. The Labute approximate surface area is 125 Å². The van der Waals surface area contributed by atoms with Gasteiger partial charge in [-0.3, -0.25) is 0 Å². The first-order chi connectivity index (χ1) is 9.55. The zero-order chi connectivity index (χ0) is 14.2. The molecule has 2 N–H and O–H groups in total. The van der Waals surface area contributed by atoms with Crippen molar-refractivity contribution in [1.82, 2.24) is 10.6 Å². The van der Waals surface area contributed by atoms with E-state index in [1.54, 1.807) is 38.5 Å². The second kappa shape index (κ2) is 5.96. The summed E-state index contributed by atoms with van der Waals surface area (Å²) in [4.78, 5) is 0. The van der Waals surface area contributed by atoms with Crippen LogP contribution in [0.1, 0.15) is 65.7 Å². The largest absolute Gasteiger partial charge is 0.313 e. The minimum atomic E-state index is 0.599. The molecular weight excluding hydrogens is 244 g/mol. The Hall–Kier alpha value is -0.0800. The number of hydrogen-bond acceptors (Lipinski definition) is 2. The van der Waals surface area contributed by atoms with Gasteiger partial charge in [0.25, 0.3) is 0 Å². The summed E-state index contributed by atoms with van der Waals surface area (Å²) >= 11 is 0. The normalized spacial score (nSPS) is 40.5. The van der Waals surface area contributed by atoms with E-state index in [-0.39, 0.29) is 0 Å². The van der Waals surface area contributed by atoms with E-state index in [1.807, 2.05) is 0 Å². The summed E-state index contributed by atoms with van der Waals surface area (Å²) in [6.45, 7) is 9.09. The van der Waals surface area contributed by atoms with E-state index in [4.69, 9.17) is 0 Å². The Balaban J connectivity index is 1.42. The molecule has 2 nitrogen and oxygen atoms in total. The van der Waals surface area contributed by atoms with Crippen molar-refractivity contribution < 1.29 is 0 Å². The average molecular weight is 278 g/mol. The SMILES string of the molecule is CC(C)NCC(C)NCCC12CC3CC(CC(C3)C1)C2. The molecule has 0 radical (unpaired) electrons. The van der Waals surface area contributed by atoms with E-state index in [0.29, 0.717) is 12.1 Å². The van der Waals surface area contributed by atoms with Crippen LogP contribution in [-0.2, 0) is 0 Å². The molecule has 2 heteroatoms. The average Bonchev–Trinajstić information content (AvgIpc) is 2.34. The molecule has 20 heavy (non-hydrogen) atoms. The molecule has 1 atom stereocenters. The summed E-state index contributed by atoms with van der Waals surface area (Å²) in [5, 5.41) is 7.28. The summed E-state index contributed by atoms with van der Waals surface area (Å²) in [7, 11) is 0. The summed E-state index contributed by atoms with van der Waals surface area (Å²) in [5.41, 5.74) is 0.743. The molecule has 0 aromatic rings. The van der Waals surface area contributed by atoms with Gasteiger partial charge in [0, 0.05) is 18.6 Å². The second-order valence-corrected chi connectivity index (χ2v) is 8.59.